The highest BCUT2D eigenvalue weighted by molar-refractivity contribution is 6.04. The molecule has 0 atom stereocenters. The minimum atomic E-state index is -0.361. The van der Waals surface area contributed by atoms with E-state index < -0.39 is 0 Å². The number of carbonyl (C=O) groups is 1. The lowest BCUT2D eigenvalue weighted by molar-refractivity contribution is 0.0996. The maximum absolute atomic E-state index is 12.5. The monoisotopic (exact) mass is 300 g/mol. The van der Waals surface area contributed by atoms with Gasteiger partial charge in [0, 0.05) is 0 Å². The van der Waals surface area contributed by atoms with Crippen LogP contribution in [0.15, 0.2) is 35.0 Å². The molecule has 114 valence electrons. The van der Waals surface area contributed by atoms with Crippen LogP contribution in [0.4, 0.5) is 5.69 Å². The van der Waals surface area contributed by atoms with Gasteiger partial charge in [-0.05, 0) is 18.1 Å². The highest BCUT2D eigenvalue weighted by Crippen LogP contribution is 2.27. The summed E-state index contributed by atoms with van der Waals surface area (Å²) in [4.78, 5) is 16.5. The number of anilines is 1. The summed E-state index contributed by atoms with van der Waals surface area (Å²) in [6.45, 7) is 3.93. The number of nitrogens with zero attached hydrogens (tertiary/aromatic N) is 3. The molecule has 0 spiro atoms. The fraction of sp³-hybridized carbons (Fsp3) is 0.267. The van der Waals surface area contributed by atoms with E-state index in [-0.39, 0.29) is 17.6 Å². The maximum atomic E-state index is 12.5. The molecule has 0 aliphatic carbocycles. The van der Waals surface area contributed by atoms with Gasteiger partial charge < -0.3 is 14.5 Å². The minimum Gasteiger partial charge on any atom is -0.495 e. The molecule has 7 nitrogen and oxygen atoms in total. The van der Waals surface area contributed by atoms with Crippen molar-refractivity contribution < 1.29 is 13.9 Å². The zero-order chi connectivity index (χ0) is 15.7. The molecule has 0 unspecified atom stereocenters. The number of fused-ring (bicyclic) bond motifs is 1. The van der Waals surface area contributed by atoms with Crippen molar-refractivity contribution >= 4 is 17.4 Å². The van der Waals surface area contributed by atoms with Crippen molar-refractivity contribution in [3.63, 3.8) is 0 Å². The van der Waals surface area contributed by atoms with Crippen LogP contribution in [-0.4, -0.2) is 27.6 Å². The molecule has 0 saturated carbocycles. The Balaban J connectivity index is 1.98. The Morgan fingerprint density at radius 3 is 2.86 bits per heavy atom. The first-order valence-electron chi connectivity index (χ1n) is 6.88. The van der Waals surface area contributed by atoms with E-state index in [1.807, 2.05) is 26.0 Å². The average molecular weight is 300 g/mol. The fourth-order valence-electron chi connectivity index (χ4n) is 2.30. The van der Waals surface area contributed by atoms with Crippen LogP contribution in [0.25, 0.3) is 5.84 Å². The van der Waals surface area contributed by atoms with Gasteiger partial charge in [0.05, 0.1) is 18.5 Å². The van der Waals surface area contributed by atoms with Crippen LogP contribution in [0.5, 0.6) is 5.75 Å². The lowest BCUT2D eigenvalue weighted by Crippen LogP contribution is -2.15. The van der Waals surface area contributed by atoms with Gasteiger partial charge in [0.2, 0.25) is 5.76 Å². The Bertz CT molecular complexity index is 819. The molecule has 0 aliphatic heterocycles. The number of methoxy groups -OCH3 is 1. The van der Waals surface area contributed by atoms with Crippen LogP contribution in [-0.2, 0) is 0 Å². The molecule has 0 bridgehead atoms. The van der Waals surface area contributed by atoms with Crippen molar-refractivity contribution in [2.24, 2.45) is 0 Å². The zero-order valence-corrected chi connectivity index (χ0v) is 12.5. The third-order valence-electron chi connectivity index (χ3n) is 3.28. The summed E-state index contributed by atoms with van der Waals surface area (Å²) in [6, 6.07) is 7.18. The van der Waals surface area contributed by atoms with Crippen LogP contribution in [0, 0.1) is 0 Å². The number of ether oxygens (including phenoxy) is 1. The van der Waals surface area contributed by atoms with Gasteiger partial charge >= 0.3 is 5.84 Å². The van der Waals surface area contributed by atoms with Gasteiger partial charge in [-0.2, -0.15) is 14.6 Å². The molecule has 0 fully saturated rings. The lowest BCUT2D eigenvalue weighted by Gasteiger charge is -2.10. The topological polar surface area (TPSA) is 81.7 Å². The van der Waals surface area contributed by atoms with Crippen molar-refractivity contribution in [1.29, 1.82) is 0 Å². The number of amides is 1. The Labute approximate surface area is 126 Å². The molecule has 1 amide bonds. The third kappa shape index (κ3) is 2.30. The van der Waals surface area contributed by atoms with Crippen molar-refractivity contribution in [2.45, 2.75) is 19.8 Å². The van der Waals surface area contributed by atoms with E-state index in [9.17, 15) is 4.79 Å². The van der Waals surface area contributed by atoms with Crippen LogP contribution in [0.2, 0.25) is 0 Å². The molecule has 2 heterocycles. The van der Waals surface area contributed by atoms with E-state index in [4.69, 9.17) is 9.15 Å². The number of carbonyl (C=O) groups excluding carboxylic acids is 1. The fourth-order valence-corrected chi connectivity index (χ4v) is 2.30. The number of aromatic nitrogens is 3. The number of oxazole rings is 1. The van der Waals surface area contributed by atoms with Crippen molar-refractivity contribution in [2.75, 3.05) is 12.4 Å². The minimum absolute atomic E-state index is 0.0568. The van der Waals surface area contributed by atoms with Gasteiger partial charge in [-0.15, -0.1) is 0 Å². The Morgan fingerprint density at radius 1 is 1.36 bits per heavy atom. The quantitative estimate of drug-likeness (QED) is 0.801. The third-order valence-corrected chi connectivity index (χ3v) is 3.28. The van der Waals surface area contributed by atoms with Gasteiger partial charge in [-0.25, -0.2) is 0 Å². The van der Waals surface area contributed by atoms with Gasteiger partial charge in [0.25, 0.3) is 5.91 Å². The van der Waals surface area contributed by atoms with E-state index in [0.29, 0.717) is 23.0 Å². The first kappa shape index (κ1) is 14.1. The van der Waals surface area contributed by atoms with Gasteiger partial charge in [0.15, 0.2) is 0 Å². The standard InChI is InChI=1S/C15H16N4O3/c1-9(2)12-13(22-15-16-8-17-19(12)15)14(20)18-10-6-4-5-7-11(10)21-3/h4-9H,1-3H3,(H,18,20). The Morgan fingerprint density at radius 2 is 2.14 bits per heavy atom. The van der Waals surface area contributed by atoms with Crippen LogP contribution in [0.1, 0.15) is 36.0 Å². The van der Waals surface area contributed by atoms with E-state index in [0.717, 1.165) is 0 Å². The molecule has 0 radical (unpaired) electrons. The second kappa shape index (κ2) is 5.51. The Kier molecular flexibility index (Phi) is 3.54. The Hall–Kier alpha value is -2.83. The predicted molar refractivity (Wildman–Crippen MR) is 80.3 cm³/mol. The number of hydrogen-bond acceptors (Lipinski definition) is 5. The number of para-hydroxylation sites is 2. The lowest BCUT2D eigenvalue weighted by atomic mass is 10.1. The van der Waals surface area contributed by atoms with E-state index in [1.165, 1.54) is 6.33 Å². The molecule has 2 aromatic heterocycles. The maximum Gasteiger partial charge on any atom is 0.325 e. The van der Waals surface area contributed by atoms with Crippen molar-refractivity contribution in [1.82, 2.24) is 14.6 Å². The highest BCUT2D eigenvalue weighted by Gasteiger charge is 2.25. The SMILES string of the molecule is COc1ccccc1NC(=O)c1oc2ncnn2c1C(C)C. The summed E-state index contributed by atoms with van der Waals surface area (Å²) in [6.07, 6.45) is 1.40. The number of nitrogens with one attached hydrogen (secondary N) is 1. The van der Waals surface area contributed by atoms with Crippen molar-refractivity contribution in [3.8, 4) is 5.75 Å². The molecule has 22 heavy (non-hydrogen) atoms. The summed E-state index contributed by atoms with van der Waals surface area (Å²) >= 11 is 0. The average Bonchev–Trinajstić information content (AvgIpc) is 3.07. The number of rotatable bonds is 4. The largest absolute Gasteiger partial charge is 0.495 e. The number of benzene rings is 1. The van der Waals surface area contributed by atoms with E-state index >= 15 is 0 Å². The predicted octanol–water partition coefficient (Wildman–Crippen LogP) is 2.71. The summed E-state index contributed by atoms with van der Waals surface area (Å²) in [7, 11) is 1.55. The van der Waals surface area contributed by atoms with Crippen LogP contribution >= 0.6 is 0 Å². The molecule has 3 aromatic rings. The van der Waals surface area contributed by atoms with Gasteiger partial charge in [-0.3, -0.25) is 4.79 Å². The molecule has 1 N–H and O–H groups in total. The molecule has 7 heteroatoms. The molecule has 3 rings (SSSR count). The van der Waals surface area contributed by atoms with Gasteiger partial charge in [0.1, 0.15) is 12.1 Å². The van der Waals surface area contributed by atoms with E-state index in [2.05, 4.69) is 15.4 Å². The smallest absolute Gasteiger partial charge is 0.325 e. The highest BCUT2D eigenvalue weighted by atomic mass is 16.5. The molecular formula is C15H16N4O3. The normalized spacial score (nSPS) is 11.1. The van der Waals surface area contributed by atoms with Crippen LogP contribution < -0.4 is 10.1 Å². The van der Waals surface area contributed by atoms with E-state index in [1.54, 1.807) is 23.8 Å². The van der Waals surface area contributed by atoms with Gasteiger partial charge in [-0.1, -0.05) is 26.0 Å². The summed E-state index contributed by atoms with van der Waals surface area (Å²) in [5, 5.41) is 6.89. The van der Waals surface area contributed by atoms with Crippen LogP contribution in [0.3, 0.4) is 0 Å². The molecule has 0 saturated heterocycles. The van der Waals surface area contributed by atoms with Crippen molar-refractivity contribution in [3.05, 3.63) is 42.0 Å². The second-order valence-electron chi connectivity index (χ2n) is 5.08. The summed E-state index contributed by atoms with van der Waals surface area (Å²) < 4.78 is 12.3. The first-order valence-corrected chi connectivity index (χ1v) is 6.88. The second-order valence-corrected chi connectivity index (χ2v) is 5.08. The molecule has 0 aliphatic rings. The zero-order valence-electron chi connectivity index (χ0n) is 12.5. The first-order chi connectivity index (χ1) is 10.6. The molecule has 1 aromatic carbocycles. The molecular weight excluding hydrogens is 284 g/mol. The number of hydrogen-bond donors (Lipinski definition) is 1. The summed E-state index contributed by atoms with van der Waals surface area (Å²) in [5.74, 6) is 0.781. The summed E-state index contributed by atoms with van der Waals surface area (Å²) in [5.41, 5.74) is 1.26.